The Bertz CT molecular complexity index is 832. The van der Waals surface area contributed by atoms with Gasteiger partial charge in [0.05, 0.1) is 24.5 Å². The molecule has 1 aromatic carbocycles. The third kappa shape index (κ3) is 5.88. The van der Waals surface area contributed by atoms with E-state index in [1.165, 1.54) is 5.56 Å². The number of carbonyl (C=O) groups excluding carboxylic acids is 1. The highest BCUT2D eigenvalue weighted by Crippen LogP contribution is 2.36. The fourth-order valence-electron chi connectivity index (χ4n) is 5.08. The zero-order chi connectivity index (χ0) is 21.8. The quantitative estimate of drug-likeness (QED) is 0.661. The van der Waals surface area contributed by atoms with Crippen molar-refractivity contribution in [2.75, 3.05) is 18.9 Å². The molecule has 1 amide bonds. The topological polar surface area (TPSA) is 75.7 Å². The van der Waals surface area contributed by atoms with Crippen LogP contribution in [0.5, 0.6) is 0 Å². The number of rotatable bonds is 8. The van der Waals surface area contributed by atoms with Crippen molar-refractivity contribution >= 4 is 15.9 Å². The Kier molecular flexibility index (Phi) is 7.34. The molecule has 0 unspecified atom stereocenters. The van der Waals surface area contributed by atoms with Crippen LogP contribution < -0.4 is 4.72 Å². The van der Waals surface area contributed by atoms with Crippen LogP contribution in [0.3, 0.4) is 0 Å². The second-order valence-electron chi connectivity index (χ2n) is 9.36. The molecule has 1 aromatic rings. The van der Waals surface area contributed by atoms with E-state index in [0.717, 1.165) is 51.4 Å². The van der Waals surface area contributed by atoms with Crippen LogP contribution in [-0.4, -0.2) is 56.3 Å². The van der Waals surface area contributed by atoms with Crippen molar-refractivity contribution < 1.29 is 17.9 Å². The molecule has 7 heteroatoms. The van der Waals surface area contributed by atoms with E-state index in [-0.39, 0.29) is 35.8 Å². The maximum Gasteiger partial charge on any atom is 0.226 e. The van der Waals surface area contributed by atoms with Crippen LogP contribution in [0.2, 0.25) is 0 Å². The number of nitrogens with zero attached hydrogens (tertiary/aromatic N) is 1. The number of nitrogens with one attached hydrogen (secondary N) is 1. The fourth-order valence-corrected chi connectivity index (χ4v) is 5.98. The largest absolute Gasteiger partial charge is 0.376 e. The smallest absolute Gasteiger partial charge is 0.226 e. The normalized spacial score (nSPS) is 29.6. The standard InChI is InChI=1S/C24H36N2O4S/c1-2-31(28,29)25-22-9-6-16-26(24(27)20-10-11-20)23(22)17-30-21-14-12-19(13-15-21)18-7-4-3-5-8-18/h3-5,7-8,19-23,25H,2,6,9-17H2,1H3/t19-,21+,22-,23-/m0/s1. The first-order valence-corrected chi connectivity index (χ1v) is 13.6. The van der Waals surface area contributed by atoms with E-state index in [2.05, 4.69) is 35.1 Å². The van der Waals surface area contributed by atoms with Gasteiger partial charge in [-0.25, -0.2) is 13.1 Å². The zero-order valence-electron chi connectivity index (χ0n) is 18.5. The first-order valence-electron chi connectivity index (χ1n) is 11.9. The first-order chi connectivity index (χ1) is 15.0. The number of carbonyl (C=O) groups is 1. The van der Waals surface area contributed by atoms with E-state index in [0.29, 0.717) is 19.1 Å². The van der Waals surface area contributed by atoms with Gasteiger partial charge in [-0.1, -0.05) is 30.3 Å². The molecule has 4 rings (SSSR count). The molecule has 172 valence electrons. The van der Waals surface area contributed by atoms with E-state index >= 15 is 0 Å². The summed E-state index contributed by atoms with van der Waals surface area (Å²) in [6, 6.07) is 10.2. The van der Waals surface area contributed by atoms with Gasteiger partial charge in [0.1, 0.15) is 0 Å². The fraction of sp³-hybridized carbons (Fsp3) is 0.708. The van der Waals surface area contributed by atoms with Crippen LogP contribution in [0.4, 0.5) is 0 Å². The Labute approximate surface area is 186 Å². The van der Waals surface area contributed by atoms with Crippen molar-refractivity contribution in [1.82, 2.24) is 9.62 Å². The zero-order valence-corrected chi connectivity index (χ0v) is 19.4. The third-order valence-corrected chi connectivity index (χ3v) is 8.57. The van der Waals surface area contributed by atoms with E-state index in [1.54, 1.807) is 6.92 Å². The summed E-state index contributed by atoms with van der Waals surface area (Å²) < 4.78 is 33.7. The second-order valence-corrected chi connectivity index (χ2v) is 11.4. The van der Waals surface area contributed by atoms with Crippen molar-refractivity contribution in [3.8, 4) is 0 Å². The number of amides is 1. The van der Waals surface area contributed by atoms with Gasteiger partial charge in [0, 0.05) is 18.5 Å². The average Bonchev–Trinajstić information content (AvgIpc) is 3.64. The molecule has 0 spiro atoms. The van der Waals surface area contributed by atoms with Gasteiger partial charge in [0.25, 0.3) is 0 Å². The van der Waals surface area contributed by atoms with Gasteiger partial charge in [-0.3, -0.25) is 4.79 Å². The highest BCUT2D eigenvalue weighted by molar-refractivity contribution is 7.89. The molecule has 0 aromatic heterocycles. The predicted octanol–water partition coefficient (Wildman–Crippen LogP) is 3.44. The number of sulfonamides is 1. The summed E-state index contributed by atoms with van der Waals surface area (Å²) in [5, 5.41) is 0. The third-order valence-electron chi connectivity index (χ3n) is 7.15. The minimum absolute atomic E-state index is 0.0527. The molecule has 2 atom stereocenters. The highest BCUT2D eigenvalue weighted by Gasteiger charge is 2.42. The van der Waals surface area contributed by atoms with Gasteiger partial charge in [0.2, 0.25) is 15.9 Å². The summed E-state index contributed by atoms with van der Waals surface area (Å²) in [7, 11) is -3.33. The molecule has 2 aliphatic carbocycles. The molecule has 3 aliphatic rings. The van der Waals surface area contributed by atoms with Gasteiger partial charge in [0.15, 0.2) is 0 Å². The van der Waals surface area contributed by atoms with Crippen LogP contribution in [0.1, 0.15) is 69.8 Å². The lowest BCUT2D eigenvalue weighted by Gasteiger charge is -2.42. The van der Waals surface area contributed by atoms with Crippen molar-refractivity contribution in [2.24, 2.45) is 5.92 Å². The summed E-state index contributed by atoms with van der Waals surface area (Å²) in [6.07, 6.45) is 7.91. The van der Waals surface area contributed by atoms with Gasteiger partial charge in [-0.05, 0) is 69.8 Å². The van der Waals surface area contributed by atoms with Crippen molar-refractivity contribution in [3.63, 3.8) is 0 Å². The monoisotopic (exact) mass is 448 g/mol. The minimum Gasteiger partial charge on any atom is -0.376 e. The summed E-state index contributed by atoms with van der Waals surface area (Å²) in [4.78, 5) is 14.8. The Morgan fingerprint density at radius 3 is 2.42 bits per heavy atom. The Morgan fingerprint density at radius 1 is 1.06 bits per heavy atom. The molecule has 1 saturated heterocycles. The van der Waals surface area contributed by atoms with Crippen molar-refractivity contribution in [3.05, 3.63) is 35.9 Å². The van der Waals surface area contributed by atoms with Crippen molar-refractivity contribution in [1.29, 1.82) is 0 Å². The van der Waals surface area contributed by atoms with Crippen LogP contribution >= 0.6 is 0 Å². The van der Waals surface area contributed by atoms with E-state index in [1.807, 2.05) is 4.90 Å². The van der Waals surface area contributed by atoms with Gasteiger partial charge in [-0.2, -0.15) is 0 Å². The summed E-state index contributed by atoms with van der Waals surface area (Å²) >= 11 is 0. The summed E-state index contributed by atoms with van der Waals surface area (Å²) in [5.74, 6) is 0.955. The van der Waals surface area contributed by atoms with E-state index < -0.39 is 10.0 Å². The molecule has 0 bridgehead atoms. The Balaban J connectivity index is 1.37. The molecule has 31 heavy (non-hydrogen) atoms. The lowest BCUT2D eigenvalue weighted by Crippen LogP contribution is -2.59. The highest BCUT2D eigenvalue weighted by atomic mass is 32.2. The van der Waals surface area contributed by atoms with E-state index in [4.69, 9.17) is 4.74 Å². The molecular weight excluding hydrogens is 412 g/mol. The first kappa shape index (κ1) is 22.7. The maximum atomic E-state index is 12.9. The lowest BCUT2D eigenvalue weighted by molar-refractivity contribution is -0.139. The van der Waals surface area contributed by atoms with Crippen LogP contribution in [0, 0.1) is 5.92 Å². The second kappa shape index (κ2) is 10.0. The Morgan fingerprint density at radius 2 is 1.77 bits per heavy atom. The lowest BCUT2D eigenvalue weighted by atomic mass is 9.83. The summed E-state index contributed by atoms with van der Waals surface area (Å²) in [5.41, 5.74) is 1.41. The van der Waals surface area contributed by atoms with E-state index in [9.17, 15) is 13.2 Å². The van der Waals surface area contributed by atoms with Gasteiger partial charge in [-0.15, -0.1) is 0 Å². The maximum absolute atomic E-state index is 12.9. The van der Waals surface area contributed by atoms with Crippen LogP contribution in [-0.2, 0) is 19.6 Å². The number of benzene rings is 1. The Hall–Kier alpha value is -1.44. The van der Waals surface area contributed by atoms with Crippen LogP contribution in [0.25, 0.3) is 0 Å². The van der Waals surface area contributed by atoms with Gasteiger partial charge >= 0.3 is 0 Å². The molecule has 1 N–H and O–H groups in total. The SMILES string of the molecule is CCS(=O)(=O)N[C@H]1CCCN(C(=O)C2CC2)[C@H]1CO[C@H]1CC[C@@H](c2ccccc2)CC1. The average molecular weight is 449 g/mol. The van der Waals surface area contributed by atoms with Crippen molar-refractivity contribution in [2.45, 2.75) is 82.4 Å². The molecule has 1 aliphatic heterocycles. The molecular formula is C24H36N2O4S. The number of hydrogen-bond donors (Lipinski definition) is 1. The molecule has 0 radical (unpaired) electrons. The summed E-state index contributed by atoms with van der Waals surface area (Å²) in [6.45, 7) is 2.76. The molecule has 3 fully saturated rings. The minimum atomic E-state index is -3.33. The predicted molar refractivity (Wildman–Crippen MR) is 121 cm³/mol. The molecule has 1 heterocycles. The number of ether oxygens (including phenoxy) is 1. The number of piperidine rings is 1. The molecule has 6 nitrogen and oxygen atoms in total. The van der Waals surface area contributed by atoms with Gasteiger partial charge < -0.3 is 9.64 Å². The number of hydrogen-bond acceptors (Lipinski definition) is 4. The van der Waals surface area contributed by atoms with Crippen LogP contribution in [0.15, 0.2) is 30.3 Å². The number of likely N-dealkylation sites (tertiary alicyclic amines) is 1. The molecule has 2 saturated carbocycles.